The Morgan fingerprint density at radius 3 is 2.41 bits per heavy atom. The summed E-state index contributed by atoms with van der Waals surface area (Å²) >= 11 is 13.0. The Bertz CT molecular complexity index is 628. The zero-order valence-electron chi connectivity index (χ0n) is 7.73. The van der Waals surface area contributed by atoms with Gasteiger partial charge in [-0.3, -0.25) is 9.59 Å². The second kappa shape index (κ2) is 4.58. The largest absolute Gasteiger partial charge is 0.331 e. The van der Waals surface area contributed by atoms with Crippen LogP contribution >= 0.6 is 46.5 Å². The zero-order chi connectivity index (χ0) is 12.6. The predicted molar refractivity (Wildman–Crippen MR) is 63.5 cm³/mol. The summed E-state index contributed by atoms with van der Waals surface area (Å²) in [6, 6.07) is 1.65. The molecule has 1 aliphatic carbocycles. The molecule has 5 nitrogen and oxygen atoms in total. The molecule has 1 aliphatic rings. The minimum absolute atomic E-state index is 0.134. The number of carbonyl (C=O) groups excluding carboxylic acids is 2. The molecule has 0 N–H and O–H groups in total. The quantitative estimate of drug-likeness (QED) is 0.585. The Hall–Kier alpha value is -1.20. The van der Waals surface area contributed by atoms with E-state index in [0.29, 0.717) is 0 Å². The molecule has 1 aromatic rings. The van der Waals surface area contributed by atoms with Crippen LogP contribution in [0.4, 0.5) is 0 Å². The molecule has 0 aromatic carbocycles. The van der Waals surface area contributed by atoms with Crippen molar-refractivity contribution in [3.8, 4) is 6.07 Å². The van der Waals surface area contributed by atoms with Crippen LogP contribution in [0.3, 0.4) is 0 Å². The van der Waals surface area contributed by atoms with Gasteiger partial charge in [0.1, 0.15) is 31.0 Å². The predicted octanol–water partition coefficient (Wildman–Crippen LogP) is 2.00. The van der Waals surface area contributed by atoms with Crippen LogP contribution in [0.25, 0.3) is 5.57 Å². The fourth-order valence-corrected chi connectivity index (χ4v) is 2.76. The molecule has 0 atom stereocenters. The molecule has 17 heavy (non-hydrogen) atoms. The van der Waals surface area contributed by atoms with E-state index in [1.54, 1.807) is 6.07 Å². The summed E-state index contributed by atoms with van der Waals surface area (Å²) in [4.78, 5) is 23.5. The molecular formula is C8Cl2N3O2S2+. The van der Waals surface area contributed by atoms with Crippen molar-refractivity contribution in [3.05, 3.63) is 20.6 Å². The maximum absolute atomic E-state index is 11.9. The molecule has 0 radical (unpaired) electrons. The van der Waals surface area contributed by atoms with Gasteiger partial charge in [0.25, 0.3) is 5.01 Å². The average Bonchev–Trinajstić information content (AvgIpc) is 2.84. The third kappa shape index (κ3) is 1.89. The SMILES string of the molecule is N#CC1=C(c2nsn[s+]2)C(=O)C(Cl)=C(Cl)C1=O. The number of hydrogen-bond donors (Lipinski definition) is 0. The van der Waals surface area contributed by atoms with Gasteiger partial charge < -0.3 is 0 Å². The maximum Gasteiger partial charge on any atom is 0.331 e. The van der Waals surface area contributed by atoms with Crippen molar-refractivity contribution in [3.63, 3.8) is 0 Å². The van der Waals surface area contributed by atoms with Gasteiger partial charge in [0, 0.05) is 0 Å². The lowest BCUT2D eigenvalue weighted by molar-refractivity contribution is -0.114. The number of rotatable bonds is 1. The van der Waals surface area contributed by atoms with Gasteiger partial charge in [-0.1, -0.05) is 23.2 Å². The van der Waals surface area contributed by atoms with Gasteiger partial charge in [-0.15, -0.1) is 0 Å². The summed E-state index contributed by atoms with van der Waals surface area (Å²) in [5, 5.41) is 8.26. The second-order valence-electron chi connectivity index (χ2n) is 2.79. The van der Waals surface area contributed by atoms with E-state index in [9.17, 15) is 9.59 Å². The van der Waals surface area contributed by atoms with Gasteiger partial charge in [-0.2, -0.15) is 5.26 Å². The van der Waals surface area contributed by atoms with Gasteiger partial charge >= 0.3 is 11.7 Å². The molecule has 0 spiro atoms. The molecule has 1 heterocycles. The Morgan fingerprint density at radius 1 is 1.24 bits per heavy atom. The molecule has 0 amide bonds. The number of allylic oxidation sites excluding steroid dienone is 4. The van der Waals surface area contributed by atoms with Crippen LogP contribution in [0.5, 0.6) is 0 Å². The van der Waals surface area contributed by atoms with Crippen LogP contribution in [0.1, 0.15) is 5.01 Å². The number of aromatic nitrogens is 2. The van der Waals surface area contributed by atoms with E-state index in [-0.39, 0.29) is 16.2 Å². The highest BCUT2D eigenvalue weighted by atomic mass is 35.5. The lowest BCUT2D eigenvalue weighted by atomic mass is 9.96. The van der Waals surface area contributed by atoms with Crippen molar-refractivity contribution in [2.45, 2.75) is 0 Å². The maximum atomic E-state index is 11.9. The number of hydrogen-bond acceptors (Lipinski definition) is 6. The Balaban J connectivity index is 2.71. The van der Waals surface area contributed by atoms with Gasteiger partial charge in [0.2, 0.25) is 23.1 Å². The first-order valence-electron chi connectivity index (χ1n) is 3.99. The highest BCUT2D eigenvalue weighted by Gasteiger charge is 2.38. The minimum Gasteiger partial charge on any atom is -0.287 e. The molecule has 84 valence electrons. The van der Waals surface area contributed by atoms with Crippen LogP contribution in [0, 0.1) is 11.3 Å². The Kier molecular flexibility index (Phi) is 3.31. The van der Waals surface area contributed by atoms with Crippen molar-refractivity contribution < 1.29 is 9.59 Å². The first kappa shape index (κ1) is 12.3. The molecule has 0 bridgehead atoms. The number of nitrogens with zero attached hydrogens (tertiary/aromatic N) is 3. The summed E-state index contributed by atoms with van der Waals surface area (Å²) in [7, 11) is 0. The van der Waals surface area contributed by atoms with E-state index in [0.717, 1.165) is 23.3 Å². The topological polar surface area (TPSA) is 83.7 Å². The average molecular weight is 305 g/mol. The van der Waals surface area contributed by atoms with E-state index in [4.69, 9.17) is 28.5 Å². The summed E-state index contributed by atoms with van der Waals surface area (Å²) in [5.74, 6) is -1.45. The van der Waals surface area contributed by atoms with Gasteiger partial charge in [0.05, 0.1) is 0 Å². The van der Waals surface area contributed by atoms with Gasteiger partial charge in [-0.25, -0.2) is 0 Å². The summed E-state index contributed by atoms with van der Waals surface area (Å²) in [5.41, 5.74) is -0.487. The van der Waals surface area contributed by atoms with Crippen molar-refractivity contribution in [2.24, 2.45) is 0 Å². The van der Waals surface area contributed by atoms with E-state index in [1.165, 1.54) is 0 Å². The number of carbonyl (C=O) groups is 2. The zero-order valence-corrected chi connectivity index (χ0v) is 10.9. The normalized spacial score (nSPS) is 16.5. The third-order valence-corrected chi connectivity index (χ3v) is 4.13. The molecule has 0 aliphatic heterocycles. The lowest BCUT2D eigenvalue weighted by Gasteiger charge is -2.09. The van der Waals surface area contributed by atoms with E-state index in [1.807, 2.05) is 0 Å². The first-order chi connectivity index (χ1) is 8.07. The standard InChI is InChI=1S/C8Cl2N3O2S2/c9-4-5(10)7(15)3(2(1-11)6(4)14)8-12-17-13-16-8/q+1. The van der Waals surface area contributed by atoms with Crippen molar-refractivity contribution >= 4 is 63.6 Å². The van der Waals surface area contributed by atoms with Gasteiger partial charge in [-0.05, 0) is 4.37 Å². The fraction of sp³-hybridized carbons (Fsp3) is 0. The van der Waals surface area contributed by atoms with Crippen molar-refractivity contribution in [1.82, 2.24) is 8.14 Å². The minimum atomic E-state index is -0.769. The summed E-state index contributed by atoms with van der Waals surface area (Å²) in [6.45, 7) is 0. The molecule has 1 aromatic heterocycles. The molecule has 0 unspecified atom stereocenters. The van der Waals surface area contributed by atoms with Crippen molar-refractivity contribution in [1.29, 1.82) is 5.26 Å². The highest BCUT2D eigenvalue weighted by Crippen LogP contribution is 2.34. The lowest BCUT2D eigenvalue weighted by Crippen LogP contribution is -2.18. The van der Waals surface area contributed by atoms with E-state index < -0.39 is 21.6 Å². The molecule has 0 saturated heterocycles. The molecule has 0 saturated carbocycles. The number of halogens is 2. The van der Waals surface area contributed by atoms with Crippen LogP contribution in [-0.2, 0) is 9.59 Å². The molecule has 0 fully saturated rings. The smallest absolute Gasteiger partial charge is 0.287 e. The van der Waals surface area contributed by atoms with Crippen LogP contribution < -0.4 is 0 Å². The first-order valence-corrected chi connectivity index (χ1v) is 6.24. The Labute approximate surface area is 113 Å². The molecule has 2 rings (SSSR count). The van der Waals surface area contributed by atoms with Gasteiger partial charge in [0.15, 0.2) is 0 Å². The number of ketones is 2. The number of nitriles is 1. The fourth-order valence-electron chi connectivity index (χ4n) is 1.17. The summed E-state index contributed by atoms with van der Waals surface area (Å²) in [6.07, 6.45) is 0. The van der Waals surface area contributed by atoms with Crippen molar-refractivity contribution in [2.75, 3.05) is 0 Å². The number of Topliss-reactive ketones (excluding diaryl/α,β-unsaturated/α-hetero) is 2. The third-order valence-electron chi connectivity index (χ3n) is 1.90. The summed E-state index contributed by atoms with van der Waals surface area (Å²) < 4.78 is 7.57. The molecular weight excluding hydrogens is 305 g/mol. The van der Waals surface area contributed by atoms with Crippen LogP contribution in [-0.4, -0.2) is 19.7 Å². The van der Waals surface area contributed by atoms with E-state index >= 15 is 0 Å². The molecule has 9 heteroatoms. The monoisotopic (exact) mass is 304 g/mol. The Morgan fingerprint density at radius 2 is 1.88 bits per heavy atom. The van der Waals surface area contributed by atoms with E-state index in [2.05, 4.69) is 8.14 Å². The highest BCUT2D eigenvalue weighted by molar-refractivity contribution is 7.18. The van der Waals surface area contributed by atoms with Crippen LogP contribution in [0.15, 0.2) is 15.6 Å². The van der Waals surface area contributed by atoms with Crippen LogP contribution in [0.2, 0.25) is 0 Å². The second-order valence-corrected chi connectivity index (χ2v) is 5.06.